The molecular weight excluding hydrogens is 320 g/mol. The molecule has 0 bridgehead atoms. The van der Waals surface area contributed by atoms with Gasteiger partial charge in [-0.3, -0.25) is 15.0 Å². The van der Waals surface area contributed by atoms with Crippen molar-refractivity contribution in [3.05, 3.63) is 63.2 Å². The Kier molecular flexibility index (Phi) is 6.36. The third kappa shape index (κ3) is 4.93. The van der Waals surface area contributed by atoms with E-state index in [9.17, 15) is 10.1 Å². The van der Waals surface area contributed by atoms with Gasteiger partial charge in [0.15, 0.2) is 5.75 Å². The van der Waals surface area contributed by atoms with Gasteiger partial charge in [-0.2, -0.15) is 0 Å². The van der Waals surface area contributed by atoms with Gasteiger partial charge in [0.2, 0.25) is 0 Å². The predicted octanol–water partition coefficient (Wildman–Crippen LogP) is 3.73. The van der Waals surface area contributed by atoms with Crippen LogP contribution in [0.5, 0.6) is 11.5 Å². The van der Waals surface area contributed by atoms with Gasteiger partial charge in [-0.1, -0.05) is 24.3 Å². The molecule has 0 saturated heterocycles. The lowest BCUT2D eigenvalue weighted by Crippen LogP contribution is -2.24. The minimum absolute atomic E-state index is 0.00782. The third-order valence-electron chi connectivity index (χ3n) is 3.97. The first-order chi connectivity index (χ1) is 11.9. The predicted molar refractivity (Wildman–Crippen MR) is 97.4 cm³/mol. The molecule has 0 aliphatic heterocycles. The minimum Gasteiger partial charge on any atom is -0.496 e. The van der Waals surface area contributed by atoms with E-state index >= 15 is 0 Å². The third-order valence-corrected chi connectivity index (χ3v) is 3.97. The van der Waals surface area contributed by atoms with Crippen molar-refractivity contribution < 1.29 is 14.4 Å². The van der Waals surface area contributed by atoms with Crippen LogP contribution in [0.4, 0.5) is 5.69 Å². The number of aryl methyl sites for hydroxylation is 2. The number of methoxy groups -OCH3 is 1. The number of nitro benzene ring substituents is 1. The van der Waals surface area contributed by atoms with E-state index in [-0.39, 0.29) is 5.69 Å². The molecule has 0 amide bonds. The van der Waals surface area contributed by atoms with Gasteiger partial charge in [-0.25, -0.2) is 0 Å². The quantitative estimate of drug-likeness (QED) is 0.539. The van der Waals surface area contributed by atoms with Gasteiger partial charge < -0.3 is 9.47 Å². The molecule has 6 heteroatoms. The van der Waals surface area contributed by atoms with Crippen LogP contribution in [-0.4, -0.2) is 37.1 Å². The summed E-state index contributed by atoms with van der Waals surface area (Å²) in [4.78, 5) is 12.7. The average Bonchev–Trinajstić information content (AvgIpc) is 2.55. The highest BCUT2D eigenvalue weighted by Gasteiger charge is 2.13. The van der Waals surface area contributed by atoms with Crippen molar-refractivity contribution in [2.24, 2.45) is 0 Å². The summed E-state index contributed by atoms with van der Waals surface area (Å²) in [6.07, 6.45) is 0. The maximum Gasteiger partial charge on any atom is 0.310 e. The van der Waals surface area contributed by atoms with Gasteiger partial charge in [-0.05, 0) is 43.7 Å². The summed E-state index contributed by atoms with van der Waals surface area (Å²) in [7, 11) is 3.68. The number of nitrogens with zero attached hydrogens (tertiary/aromatic N) is 2. The summed E-state index contributed by atoms with van der Waals surface area (Å²) in [5, 5.41) is 11.0. The van der Waals surface area contributed by atoms with E-state index in [2.05, 4.69) is 17.0 Å². The van der Waals surface area contributed by atoms with E-state index in [1.165, 1.54) is 11.6 Å². The SMILES string of the molecule is COc1c(C)cc(CN(C)CCOc2ccccc2[N+](=O)[O-])cc1C. The zero-order chi connectivity index (χ0) is 18.4. The number of hydrogen-bond donors (Lipinski definition) is 0. The largest absolute Gasteiger partial charge is 0.496 e. The van der Waals surface area contributed by atoms with Gasteiger partial charge in [0, 0.05) is 19.2 Å². The molecule has 2 rings (SSSR count). The summed E-state index contributed by atoms with van der Waals surface area (Å²) in [5.74, 6) is 1.23. The standard InChI is InChI=1S/C19H24N2O4/c1-14-11-16(12-15(2)19(14)24-4)13-20(3)9-10-25-18-8-6-5-7-17(18)21(22)23/h5-8,11-12H,9-10,13H2,1-4H3. The molecule has 134 valence electrons. The fraction of sp³-hybridized carbons (Fsp3) is 0.368. The molecule has 0 heterocycles. The Morgan fingerprint density at radius 2 is 1.80 bits per heavy atom. The molecule has 0 aliphatic rings. The lowest BCUT2D eigenvalue weighted by Gasteiger charge is -2.18. The Balaban J connectivity index is 1.91. The van der Waals surface area contributed by atoms with Gasteiger partial charge in [-0.15, -0.1) is 0 Å². The molecule has 0 fully saturated rings. The maximum absolute atomic E-state index is 11.0. The van der Waals surface area contributed by atoms with E-state index in [4.69, 9.17) is 9.47 Å². The van der Waals surface area contributed by atoms with Crippen molar-refractivity contribution in [2.75, 3.05) is 27.3 Å². The first-order valence-electron chi connectivity index (χ1n) is 8.11. The maximum atomic E-state index is 11.0. The fourth-order valence-corrected chi connectivity index (χ4v) is 2.89. The van der Waals surface area contributed by atoms with Crippen molar-refractivity contribution in [1.82, 2.24) is 4.90 Å². The van der Waals surface area contributed by atoms with Crippen LogP contribution in [0, 0.1) is 24.0 Å². The zero-order valence-corrected chi connectivity index (χ0v) is 15.1. The second kappa shape index (κ2) is 8.48. The lowest BCUT2D eigenvalue weighted by atomic mass is 10.1. The number of para-hydroxylation sites is 2. The second-order valence-corrected chi connectivity index (χ2v) is 6.07. The van der Waals surface area contributed by atoms with Crippen LogP contribution >= 0.6 is 0 Å². The molecule has 0 radical (unpaired) electrons. The van der Waals surface area contributed by atoms with E-state index in [1.807, 2.05) is 20.9 Å². The van der Waals surface area contributed by atoms with Crippen molar-refractivity contribution in [3.63, 3.8) is 0 Å². The van der Waals surface area contributed by atoms with Crippen LogP contribution in [0.3, 0.4) is 0 Å². The highest BCUT2D eigenvalue weighted by Crippen LogP contribution is 2.26. The van der Waals surface area contributed by atoms with Crippen LogP contribution in [-0.2, 0) is 6.54 Å². The molecule has 0 atom stereocenters. The van der Waals surface area contributed by atoms with E-state index in [1.54, 1.807) is 25.3 Å². The summed E-state index contributed by atoms with van der Waals surface area (Å²) in [5.41, 5.74) is 3.42. The van der Waals surface area contributed by atoms with Crippen molar-refractivity contribution in [2.45, 2.75) is 20.4 Å². The smallest absolute Gasteiger partial charge is 0.310 e. The highest BCUT2D eigenvalue weighted by molar-refractivity contribution is 5.45. The topological polar surface area (TPSA) is 64.8 Å². The second-order valence-electron chi connectivity index (χ2n) is 6.07. The molecular formula is C19H24N2O4. The number of likely N-dealkylation sites (N-methyl/N-ethyl adjacent to an activating group) is 1. The molecule has 0 aliphatic carbocycles. The van der Waals surface area contributed by atoms with Crippen LogP contribution in [0.25, 0.3) is 0 Å². The number of nitro groups is 1. The van der Waals surface area contributed by atoms with Crippen LogP contribution < -0.4 is 9.47 Å². The van der Waals surface area contributed by atoms with E-state index in [0.29, 0.717) is 18.9 Å². The molecule has 0 saturated carbocycles. The Morgan fingerprint density at radius 1 is 1.16 bits per heavy atom. The molecule has 25 heavy (non-hydrogen) atoms. The minimum atomic E-state index is -0.429. The summed E-state index contributed by atoms with van der Waals surface area (Å²) >= 11 is 0. The Morgan fingerprint density at radius 3 is 2.40 bits per heavy atom. The van der Waals surface area contributed by atoms with E-state index in [0.717, 1.165) is 23.4 Å². The van der Waals surface area contributed by atoms with Gasteiger partial charge in [0.25, 0.3) is 0 Å². The van der Waals surface area contributed by atoms with E-state index < -0.39 is 4.92 Å². The number of benzene rings is 2. The van der Waals surface area contributed by atoms with Gasteiger partial charge >= 0.3 is 5.69 Å². The molecule has 0 N–H and O–H groups in total. The molecule has 2 aromatic carbocycles. The first-order valence-corrected chi connectivity index (χ1v) is 8.11. The van der Waals surface area contributed by atoms with Gasteiger partial charge in [0.05, 0.1) is 12.0 Å². The van der Waals surface area contributed by atoms with Crippen molar-refractivity contribution >= 4 is 5.69 Å². The number of hydrogen-bond acceptors (Lipinski definition) is 5. The summed E-state index contributed by atoms with van der Waals surface area (Å²) < 4.78 is 11.0. The molecule has 2 aromatic rings. The lowest BCUT2D eigenvalue weighted by molar-refractivity contribution is -0.385. The molecule has 6 nitrogen and oxygen atoms in total. The highest BCUT2D eigenvalue weighted by atomic mass is 16.6. The summed E-state index contributed by atoms with van der Waals surface area (Å²) in [6.45, 7) is 5.89. The van der Waals surface area contributed by atoms with Crippen LogP contribution in [0.1, 0.15) is 16.7 Å². The number of ether oxygens (including phenoxy) is 2. The molecule has 0 aromatic heterocycles. The van der Waals surface area contributed by atoms with Crippen LogP contribution in [0.2, 0.25) is 0 Å². The van der Waals surface area contributed by atoms with Crippen molar-refractivity contribution in [1.29, 1.82) is 0 Å². The Labute approximate surface area is 148 Å². The summed E-state index contributed by atoms with van der Waals surface area (Å²) in [6, 6.07) is 10.7. The first kappa shape index (κ1) is 18.7. The van der Waals surface area contributed by atoms with Crippen LogP contribution in [0.15, 0.2) is 36.4 Å². The normalized spacial score (nSPS) is 10.8. The number of rotatable bonds is 8. The van der Waals surface area contributed by atoms with Crippen molar-refractivity contribution in [3.8, 4) is 11.5 Å². The molecule has 0 spiro atoms. The fourth-order valence-electron chi connectivity index (χ4n) is 2.89. The Hall–Kier alpha value is -2.60. The van der Waals surface area contributed by atoms with Gasteiger partial charge in [0.1, 0.15) is 12.4 Å². The average molecular weight is 344 g/mol. The molecule has 0 unspecified atom stereocenters. The Bertz CT molecular complexity index is 723. The zero-order valence-electron chi connectivity index (χ0n) is 15.1. The monoisotopic (exact) mass is 344 g/mol.